The number of benzene rings is 2. The van der Waals surface area contributed by atoms with Crippen molar-refractivity contribution >= 4 is 17.6 Å². The van der Waals surface area contributed by atoms with E-state index in [0.717, 1.165) is 12.1 Å². The summed E-state index contributed by atoms with van der Waals surface area (Å²) in [6.07, 6.45) is 4.27. The summed E-state index contributed by atoms with van der Waals surface area (Å²) in [6.45, 7) is 0.757. The Balaban J connectivity index is 1.31. The molecule has 0 spiro atoms. The predicted octanol–water partition coefficient (Wildman–Crippen LogP) is 2.83. The van der Waals surface area contributed by atoms with Gasteiger partial charge < -0.3 is 19.5 Å². The summed E-state index contributed by atoms with van der Waals surface area (Å²) >= 11 is 0. The van der Waals surface area contributed by atoms with E-state index in [1.165, 1.54) is 0 Å². The largest absolute Gasteiger partial charge is 0.490 e. The zero-order valence-electron chi connectivity index (χ0n) is 15.5. The van der Waals surface area contributed by atoms with Gasteiger partial charge in [0.15, 0.2) is 18.1 Å². The number of ether oxygens (including phenoxy) is 3. The highest BCUT2D eigenvalue weighted by Crippen LogP contribution is 2.32. The van der Waals surface area contributed by atoms with Gasteiger partial charge in [-0.25, -0.2) is 9.48 Å². The minimum absolute atomic E-state index is 0.351. The smallest absolute Gasteiger partial charge is 0.338 e. The van der Waals surface area contributed by atoms with Crippen LogP contribution >= 0.6 is 0 Å². The van der Waals surface area contributed by atoms with Gasteiger partial charge in [-0.15, -0.1) is 0 Å². The number of fused-ring (bicyclic) bond motifs is 1. The van der Waals surface area contributed by atoms with Gasteiger partial charge in [0.1, 0.15) is 0 Å². The Morgan fingerprint density at radius 3 is 2.62 bits per heavy atom. The average Bonchev–Trinajstić information content (AvgIpc) is 3.18. The molecule has 29 heavy (non-hydrogen) atoms. The van der Waals surface area contributed by atoms with Crippen LogP contribution in [0.4, 0.5) is 5.69 Å². The second kappa shape index (κ2) is 8.47. The van der Waals surface area contributed by atoms with Crippen LogP contribution in [0.15, 0.2) is 60.9 Å². The van der Waals surface area contributed by atoms with E-state index in [1.807, 2.05) is 6.07 Å². The maximum atomic E-state index is 12.2. The number of anilines is 1. The van der Waals surface area contributed by atoms with Crippen LogP contribution in [0.25, 0.3) is 5.69 Å². The van der Waals surface area contributed by atoms with Gasteiger partial charge in [-0.2, -0.15) is 5.10 Å². The normalized spacial score (nSPS) is 12.7. The van der Waals surface area contributed by atoms with Crippen LogP contribution in [0.3, 0.4) is 0 Å². The summed E-state index contributed by atoms with van der Waals surface area (Å²) in [5.74, 6) is 0.201. The third-order valence-electron chi connectivity index (χ3n) is 4.24. The quantitative estimate of drug-likeness (QED) is 0.670. The van der Waals surface area contributed by atoms with Crippen LogP contribution in [0, 0.1) is 0 Å². The van der Waals surface area contributed by atoms with E-state index in [4.69, 9.17) is 14.2 Å². The third kappa shape index (κ3) is 4.55. The second-order valence-corrected chi connectivity index (χ2v) is 6.33. The molecule has 0 atom stereocenters. The van der Waals surface area contributed by atoms with Crippen LogP contribution in [0.5, 0.6) is 11.5 Å². The first-order valence-corrected chi connectivity index (χ1v) is 9.16. The molecule has 1 N–H and O–H groups in total. The van der Waals surface area contributed by atoms with Gasteiger partial charge >= 0.3 is 5.97 Å². The molecule has 3 aromatic rings. The highest BCUT2D eigenvalue weighted by Gasteiger charge is 2.14. The third-order valence-corrected chi connectivity index (χ3v) is 4.24. The lowest BCUT2D eigenvalue weighted by Crippen LogP contribution is -2.21. The van der Waals surface area contributed by atoms with E-state index in [9.17, 15) is 9.59 Å². The first kappa shape index (κ1) is 18.5. The Morgan fingerprint density at radius 1 is 1.07 bits per heavy atom. The molecule has 0 aliphatic carbocycles. The molecule has 1 amide bonds. The number of hydrogen-bond donors (Lipinski definition) is 1. The van der Waals surface area contributed by atoms with Crippen LogP contribution in [0.1, 0.15) is 16.8 Å². The molecule has 0 saturated carbocycles. The van der Waals surface area contributed by atoms with Crippen LogP contribution in [-0.2, 0) is 9.53 Å². The molecule has 4 rings (SSSR count). The summed E-state index contributed by atoms with van der Waals surface area (Å²) in [4.78, 5) is 24.3. The molecule has 0 unspecified atom stereocenters. The molecule has 2 aromatic carbocycles. The van der Waals surface area contributed by atoms with Gasteiger partial charge in [-0.3, -0.25) is 4.79 Å². The Kier molecular flexibility index (Phi) is 5.42. The first-order chi connectivity index (χ1) is 14.2. The second-order valence-electron chi connectivity index (χ2n) is 6.33. The van der Waals surface area contributed by atoms with Crippen molar-refractivity contribution in [2.24, 2.45) is 0 Å². The molecule has 2 heterocycles. The van der Waals surface area contributed by atoms with Gasteiger partial charge in [0.05, 0.1) is 24.5 Å². The molecule has 8 heteroatoms. The molecule has 0 saturated heterocycles. The Labute approximate surface area is 167 Å². The number of esters is 1. The van der Waals surface area contributed by atoms with Gasteiger partial charge in [-0.05, 0) is 42.5 Å². The topological polar surface area (TPSA) is 91.7 Å². The fourth-order valence-electron chi connectivity index (χ4n) is 2.82. The zero-order chi connectivity index (χ0) is 20.1. The predicted molar refractivity (Wildman–Crippen MR) is 105 cm³/mol. The van der Waals surface area contributed by atoms with Crippen molar-refractivity contribution in [2.75, 3.05) is 25.1 Å². The molecule has 0 bridgehead atoms. The maximum Gasteiger partial charge on any atom is 0.338 e. The van der Waals surface area contributed by atoms with Gasteiger partial charge in [-0.1, -0.05) is 0 Å². The molecule has 1 aromatic heterocycles. The maximum absolute atomic E-state index is 12.2. The standard InChI is InChI=1S/C21H19N3O5/c25-20(23-16-5-8-18-19(13-16)28-12-2-11-27-18)14-29-21(26)15-3-6-17(7-4-15)24-10-1-9-22-24/h1,3-10,13H,2,11-12,14H2,(H,23,25). The lowest BCUT2D eigenvalue weighted by Gasteiger charge is -2.11. The number of hydrogen-bond acceptors (Lipinski definition) is 6. The number of carbonyl (C=O) groups is 2. The summed E-state index contributed by atoms with van der Waals surface area (Å²) in [5, 5.41) is 6.81. The van der Waals surface area contributed by atoms with Crippen molar-refractivity contribution in [1.82, 2.24) is 9.78 Å². The van der Waals surface area contributed by atoms with E-state index < -0.39 is 18.5 Å². The summed E-state index contributed by atoms with van der Waals surface area (Å²) in [7, 11) is 0. The number of rotatable bonds is 5. The fraction of sp³-hybridized carbons (Fsp3) is 0.190. The molecular formula is C21H19N3O5. The first-order valence-electron chi connectivity index (χ1n) is 9.16. The van der Waals surface area contributed by atoms with Crippen molar-refractivity contribution in [3.05, 3.63) is 66.5 Å². The van der Waals surface area contributed by atoms with Crippen molar-refractivity contribution in [3.8, 4) is 17.2 Å². The van der Waals surface area contributed by atoms with E-state index in [-0.39, 0.29) is 0 Å². The Morgan fingerprint density at radius 2 is 1.86 bits per heavy atom. The monoisotopic (exact) mass is 393 g/mol. The van der Waals surface area contributed by atoms with Gasteiger partial charge in [0.25, 0.3) is 5.91 Å². The lowest BCUT2D eigenvalue weighted by molar-refractivity contribution is -0.119. The van der Waals surface area contributed by atoms with Crippen molar-refractivity contribution in [2.45, 2.75) is 6.42 Å². The number of nitrogens with zero attached hydrogens (tertiary/aromatic N) is 2. The fourth-order valence-corrected chi connectivity index (χ4v) is 2.82. The number of aromatic nitrogens is 2. The molecule has 0 radical (unpaired) electrons. The van der Waals surface area contributed by atoms with Gasteiger partial charge in [0, 0.05) is 30.6 Å². The van der Waals surface area contributed by atoms with Crippen molar-refractivity contribution in [1.29, 1.82) is 0 Å². The van der Waals surface area contributed by atoms with Crippen LogP contribution < -0.4 is 14.8 Å². The molecular weight excluding hydrogens is 374 g/mol. The van der Waals surface area contributed by atoms with Crippen molar-refractivity contribution in [3.63, 3.8) is 0 Å². The summed E-state index contributed by atoms with van der Waals surface area (Å²) in [5.41, 5.74) is 1.71. The zero-order valence-corrected chi connectivity index (χ0v) is 15.5. The minimum atomic E-state index is -0.578. The Bertz CT molecular complexity index is 1000. The highest BCUT2D eigenvalue weighted by molar-refractivity contribution is 5.95. The average molecular weight is 393 g/mol. The van der Waals surface area contributed by atoms with Crippen molar-refractivity contribution < 1.29 is 23.8 Å². The molecule has 0 fully saturated rings. The molecule has 8 nitrogen and oxygen atoms in total. The molecule has 1 aliphatic heterocycles. The van der Waals surface area contributed by atoms with E-state index in [1.54, 1.807) is 59.5 Å². The van der Waals surface area contributed by atoms with E-state index in [2.05, 4.69) is 10.4 Å². The SMILES string of the molecule is O=C(COC(=O)c1ccc(-n2cccn2)cc1)Nc1ccc2c(c1)OCCCO2. The molecule has 1 aliphatic rings. The Hall–Kier alpha value is -3.81. The molecule has 148 valence electrons. The number of nitrogens with one attached hydrogen (secondary N) is 1. The summed E-state index contributed by atoms with van der Waals surface area (Å²) in [6, 6.07) is 13.7. The number of carbonyl (C=O) groups excluding carboxylic acids is 2. The number of amides is 1. The lowest BCUT2D eigenvalue weighted by atomic mass is 10.2. The minimum Gasteiger partial charge on any atom is -0.490 e. The van der Waals surface area contributed by atoms with E-state index in [0.29, 0.717) is 36.0 Å². The van der Waals surface area contributed by atoms with Crippen LogP contribution in [0.2, 0.25) is 0 Å². The van der Waals surface area contributed by atoms with Crippen LogP contribution in [-0.4, -0.2) is 41.5 Å². The van der Waals surface area contributed by atoms with E-state index >= 15 is 0 Å². The summed E-state index contributed by atoms with van der Waals surface area (Å²) < 4.78 is 17.9. The highest BCUT2D eigenvalue weighted by atomic mass is 16.5. The van der Waals surface area contributed by atoms with Gasteiger partial charge in [0.2, 0.25) is 0 Å².